The van der Waals surface area contributed by atoms with Gasteiger partial charge in [0.2, 0.25) is 0 Å². The Morgan fingerprint density at radius 2 is 1.82 bits per heavy atom. The van der Waals surface area contributed by atoms with Gasteiger partial charge < -0.3 is 15.0 Å². The van der Waals surface area contributed by atoms with E-state index in [0.29, 0.717) is 21.5 Å². The number of hydrogen-bond acceptors (Lipinski definition) is 3. The molecule has 0 radical (unpaired) electrons. The second-order valence-corrected chi connectivity index (χ2v) is 7.87. The van der Waals surface area contributed by atoms with Crippen LogP contribution in [0.2, 0.25) is 0 Å². The molecule has 0 bridgehead atoms. The van der Waals surface area contributed by atoms with Crippen LogP contribution in [0.25, 0.3) is 22.4 Å². The van der Waals surface area contributed by atoms with Crippen LogP contribution >= 0.6 is 31.9 Å². The zero-order valence-electron chi connectivity index (χ0n) is 14.8. The highest BCUT2D eigenvalue weighted by Crippen LogP contribution is 2.33. The van der Waals surface area contributed by atoms with Gasteiger partial charge in [0.1, 0.15) is 11.6 Å². The summed E-state index contributed by atoms with van der Waals surface area (Å²) < 4.78 is 6.84. The van der Waals surface area contributed by atoms with Gasteiger partial charge in [-0.15, -0.1) is 0 Å². The lowest BCUT2D eigenvalue weighted by molar-refractivity contribution is 0.102. The van der Waals surface area contributed by atoms with Crippen LogP contribution in [0.1, 0.15) is 10.4 Å². The number of aromatic amines is 1. The van der Waals surface area contributed by atoms with Crippen molar-refractivity contribution in [2.45, 2.75) is 0 Å². The van der Waals surface area contributed by atoms with Gasteiger partial charge in [0.25, 0.3) is 5.91 Å². The maximum Gasteiger partial charge on any atom is 0.259 e. The summed E-state index contributed by atoms with van der Waals surface area (Å²) in [6.07, 6.45) is 0. The number of halogens is 2. The van der Waals surface area contributed by atoms with E-state index in [0.717, 1.165) is 26.9 Å². The number of H-pyrrole nitrogens is 1. The molecule has 7 heteroatoms. The average Bonchev–Trinajstić information content (AvgIpc) is 3.12. The topological polar surface area (TPSA) is 67.0 Å². The lowest BCUT2D eigenvalue weighted by Crippen LogP contribution is -2.13. The number of amides is 1. The highest BCUT2D eigenvalue weighted by Gasteiger charge is 2.16. The van der Waals surface area contributed by atoms with Crippen molar-refractivity contribution < 1.29 is 9.53 Å². The molecule has 3 aromatic carbocycles. The molecule has 1 amide bonds. The monoisotopic (exact) mass is 499 g/mol. The predicted molar refractivity (Wildman–Crippen MR) is 118 cm³/mol. The molecule has 1 heterocycles. The average molecular weight is 501 g/mol. The van der Waals surface area contributed by atoms with Gasteiger partial charge in [-0.25, -0.2) is 4.98 Å². The molecule has 0 aliphatic carbocycles. The second kappa shape index (κ2) is 7.77. The number of imidazole rings is 1. The summed E-state index contributed by atoms with van der Waals surface area (Å²) in [7, 11) is 1.53. The van der Waals surface area contributed by atoms with Crippen molar-refractivity contribution in [3.63, 3.8) is 0 Å². The molecular weight excluding hydrogens is 486 g/mol. The first-order chi connectivity index (χ1) is 13.5. The molecule has 0 saturated heterocycles. The minimum Gasteiger partial charge on any atom is -0.495 e. The molecule has 0 aliphatic heterocycles. The van der Waals surface area contributed by atoms with E-state index in [1.807, 2.05) is 54.6 Å². The number of ether oxygens (including phenoxy) is 1. The van der Waals surface area contributed by atoms with Gasteiger partial charge in [-0.2, -0.15) is 0 Å². The number of rotatable bonds is 4. The quantitative estimate of drug-likeness (QED) is 0.360. The van der Waals surface area contributed by atoms with E-state index in [1.54, 1.807) is 6.07 Å². The number of nitrogens with one attached hydrogen (secondary N) is 2. The van der Waals surface area contributed by atoms with Crippen LogP contribution in [0.5, 0.6) is 5.75 Å². The third kappa shape index (κ3) is 3.68. The van der Waals surface area contributed by atoms with E-state index in [-0.39, 0.29) is 5.91 Å². The van der Waals surface area contributed by atoms with Crippen molar-refractivity contribution in [3.8, 4) is 17.1 Å². The first-order valence-electron chi connectivity index (χ1n) is 8.45. The highest BCUT2D eigenvalue weighted by atomic mass is 79.9. The Morgan fingerprint density at radius 1 is 1.07 bits per heavy atom. The van der Waals surface area contributed by atoms with Crippen molar-refractivity contribution in [1.82, 2.24) is 9.97 Å². The van der Waals surface area contributed by atoms with Crippen LogP contribution in [0.15, 0.2) is 69.6 Å². The van der Waals surface area contributed by atoms with Gasteiger partial charge in [0.15, 0.2) is 0 Å². The summed E-state index contributed by atoms with van der Waals surface area (Å²) in [5.74, 6) is 1.02. The van der Waals surface area contributed by atoms with E-state index < -0.39 is 0 Å². The van der Waals surface area contributed by atoms with Gasteiger partial charge in [-0.1, -0.05) is 28.1 Å². The van der Waals surface area contributed by atoms with Crippen molar-refractivity contribution in [2.24, 2.45) is 0 Å². The van der Waals surface area contributed by atoms with Gasteiger partial charge in [0.05, 0.1) is 28.2 Å². The normalized spacial score (nSPS) is 10.8. The van der Waals surface area contributed by atoms with Crippen molar-refractivity contribution in [1.29, 1.82) is 0 Å². The molecule has 2 N–H and O–H groups in total. The fourth-order valence-corrected chi connectivity index (χ4v) is 4.32. The zero-order valence-corrected chi connectivity index (χ0v) is 18.0. The highest BCUT2D eigenvalue weighted by molar-refractivity contribution is 9.11. The Balaban J connectivity index is 1.57. The Labute approximate surface area is 178 Å². The smallest absolute Gasteiger partial charge is 0.259 e. The standard InChI is InChI=1S/C21H15Br2N3O2/c1-28-19-15(10-13(22)11-16(19)23)21(27)24-14-8-6-12(7-9-14)20-25-17-4-2-3-5-18(17)26-20/h2-11H,1H3,(H,24,27)(H,25,26). The lowest BCUT2D eigenvalue weighted by atomic mass is 10.1. The molecule has 0 unspecified atom stereocenters. The lowest BCUT2D eigenvalue weighted by Gasteiger charge is -2.12. The van der Waals surface area contributed by atoms with Gasteiger partial charge in [-0.3, -0.25) is 4.79 Å². The largest absolute Gasteiger partial charge is 0.495 e. The van der Waals surface area contributed by atoms with Crippen molar-refractivity contribution in [3.05, 3.63) is 75.2 Å². The van der Waals surface area contributed by atoms with Crippen molar-refractivity contribution >= 4 is 54.5 Å². The molecular formula is C21H15Br2N3O2. The van der Waals surface area contributed by atoms with Crippen LogP contribution in [-0.2, 0) is 0 Å². The number of aromatic nitrogens is 2. The van der Waals surface area contributed by atoms with Crippen LogP contribution in [0.4, 0.5) is 5.69 Å². The molecule has 0 fully saturated rings. The summed E-state index contributed by atoms with van der Waals surface area (Å²) in [5, 5.41) is 2.90. The number of anilines is 1. The number of carbonyl (C=O) groups is 1. The van der Waals surface area contributed by atoms with E-state index in [1.165, 1.54) is 7.11 Å². The third-order valence-corrected chi connectivity index (χ3v) is 5.31. The van der Waals surface area contributed by atoms with Gasteiger partial charge in [0, 0.05) is 15.7 Å². The fraction of sp³-hybridized carbons (Fsp3) is 0.0476. The predicted octanol–water partition coefficient (Wildman–Crippen LogP) is 6.02. The summed E-state index contributed by atoms with van der Waals surface area (Å²) >= 11 is 6.82. The number of hydrogen-bond donors (Lipinski definition) is 2. The van der Waals surface area contributed by atoms with Crippen molar-refractivity contribution in [2.75, 3.05) is 12.4 Å². The first kappa shape index (κ1) is 18.7. The second-order valence-electron chi connectivity index (χ2n) is 6.10. The first-order valence-corrected chi connectivity index (χ1v) is 10.0. The molecule has 4 aromatic rings. The van der Waals surface area contributed by atoms with E-state index >= 15 is 0 Å². The maximum atomic E-state index is 12.7. The summed E-state index contributed by atoms with van der Waals surface area (Å²) in [4.78, 5) is 20.6. The van der Waals surface area contributed by atoms with Gasteiger partial charge >= 0.3 is 0 Å². The van der Waals surface area contributed by atoms with E-state index in [9.17, 15) is 4.79 Å². The Morgan fingerprint density at radius 3 is 2.54 bits per heavy atom. The molecule has 5 nitrogen and oxygen atoms in total. The molecule has 0 spiro atoms. The third-order valence-electron chi connectivity index (χ3n) is 4.26. The maximum absolute atomic E-state index is 12.7. The SMILES string of the molecule is COc1c(Br)cc(Br)cc1C(=O)Nc1ccc(-c2nc3ccccc3[nH]2)cc1. The summed E-state index contributed by atoms with van der Waals surface area (Å²) in [6, 6.07) is 19.0. The summed E-state index contributed by atoms with van der Waals surface area (Å²) in [5.41, 5.74) is 3.97. The van der Waals surface area contributed by atoms with Crippen LogP contribution < -0.4 is 10.1 Å². The van der Waals surface area contributed by atoms with E-state index in [2.05, 4.69) is 47.1 Å². The summed E-state index contributed by atoms with van der Waals surface area (Å²) in [6.45, 7) is 0. The Hall–Kier alpha value is -2.64. The molecule has 0 aliphatic rings. The number of benzene rings is 3. The minimum atomic E-state index is -0.254. The van der Waals surface area contributed by atoms with Gasteiger partial charge in [-0.05, 0) is 64.5 Å². The molecule has 0 saturated carbocycles. The number of methoxy groups -OCH3 is 1. The number of para-hydroxylation sites is 2. The number of carbonyl (C=O) groups excluding carboxylic acids is 1. The molecule has 140 valence electrons. The molecule has 1 aromatic heterocycles. The van der Waals surface area contributed by atoms with Crippen LogP contribution in [0.3, 0.4) is 0 Å². The number of nitrogens with zero attached hydrogens (tertiary/aromatic N) is 1. The van der Waals surface area contributed by atoms with Crippen LogP contribution in [-0.4, -0.2) is 23.0 Å². The number of fused-ring (bicyclic) bond motifs is 1. The molecule has 4 rings (SSSR count). The molecule has 28 heavy (non-hydrogen) atoms. The molecule has 0 atom stereocenters. The zero-order chi connectivity index (χ0) is 19.7. The Kier molecular flexibility index (Phi) is 5.19. The Bertz CT molecular complexity index is 1140. The fourth-order valence-electron chi connectivity index (χ4n) is 2.94. The minimum absolute atomic E-state index is 0.254. The van der Waals surface area contributed by atoms with Crippen LogP contribution in [0, 0.1) is 0 Å². The van der Waals surface area contributed by atoms with E-state index in [4.69, 9.17) is 4.74 Å².